The average Bonchev–Trinajstić information content (AvgIpc) is 2.93. The van der Waals surface area contributed by atoms with Crippen LogP contribution in [-0.4, -0.2) is 9.97 Å². The number of aromatic nitrogens is 2. The molecule has 0 radical (unpaired) electrons. The SMILES string of the molecule is Cl.NCc1cccc(-c2nc3c(oc4ccc(Br)cc43)c(=O)[nH]2)c1. The molecule has 4 aromatic rings. The van der Waals surface area contributed by atoms with Crippen LogP contribution in [0.5, 0.6) is 0 Å². The molecule has 7 heteroatoms. The number of hydrogen-bond donors (Lipinski definition) is 2. The number of aromatic amines is 1. The molecular formula is C17H13BrClN3O2. The Balaban J connectivity index is 0.00000169. The summed E-state index contributed by atoms with van der Waals surface area (Å²) in [6.07, 6.45) is 0. The number of rotatable bonds is 2. The zero-order valence-electron chi connectivity index (χ0n) is 12.4. The van der Waals surface area contributed by atoms with Crippen LogP contribution in [-0.2, 0) is 6.54 Å². The predicted molar refractivity (Wildman–Crippen MR) is 100 cm³/mol. The Bertz CT molecular complexity index is 1100. The van der Waals surface area contributed by atoms with Crippen molar-refractivity contribution in [2.75, 3.05) is 0 Å². The van der Waals surface area contributed by atoms with Gasteiger partial charge in [0.1, 0.15) is 16.9 Å². The smallest absolute Gasteiger partial charge is 0.294 e. The number of benzene rings is 2. The summed E-state index contributed by atoms with van der Waals surface area (Å²) in [7, 11) is 0. The molecule has 3 N–H and O–H groups in total. The van der Waals surface area contributed by atoms with Crippen molar-refractivity contribution in [2.45, 2.75) is 6.54 Å². The Morgan fingerprint density at radius 3 is 2.83 bits per heavy atom. The first-order chi connectivity index (χ1) is 11.2. The van der Waals surface area contributed by atoms with Gasteiger partial charge >= 0.3 is 0 Å². The molecule has 0 fully saturated rings. The van der Waals surface area contributed by atoms with E-state index in [-0.39, 0.29) is 23.5 Å². The highest BCUT2D eigenvalue weighted by Crippen LogP contribution is 2.29. The summed E-state index contributed by atoms with van der Waals surface area (Å²) in [5.41, 5.74) is 8.60. The summed E-state index contributed by atoms with van der Waals surface area (Å²) in [5, 5.41) is 0.803. The highest BCUT2D eigenvalue weighted by atomic mass is 79.9. The van der Waals surface area contributed by atoms with Gasteiger partial charge in [0.05, 0.1) is 0 Å². The molecule has 0 bridgehead atoms. The summed E-state index contributed by atoms with van der Waals surface area (Å²) in [6.45, 7) is 0.432. The third kappa shape index (κ3) is 2.73. The van der Waals surface area contributed by atoms with Gasteiger partial charge in [0.25, 0.3) is 5.56 Å². The molecule has 5 nitrogen and oxygen atoms in total. The van der Waals surface area contributed by atoms with Crippen LogP contribution in [0.15, 0.2) is 56.1 Å². The molecule has 0 aliphatic heterocycles. The highest BCUT2D eigenvalue weighted by Gasteiger charge is 2.14. The molecule has 0 aliphatic carbocycles. The zero-order valence-corrected chi connectivity index (χ0v) is 14.8. The Morgan fingerprint density at radius 2 is 2.04 bits per heavy atom. The Morgan fingerprint density at radius 1 is 1.21 bits per heavy atom. The number of fused-ring (bicyclic) bond motifs is 3. The van der Waals surface area contributed by atoms with E-state index in [0.29, 0.717) is 23.5 Å². The molecule has 24 heavy (non-hydrogen) atoms. The summed E-state index contributed by atoms with van der Waals surface area (Å²) >= 11 is 3.43. The van der Waals surface area contributed by atoms with E-state index in [9.17, 15) is 4.79 Å². The van der Waals surface area contributed by atoms with E-state index < -0.39 is 0 Å². The lowest BCUT2D eigenvalue weighted by atomic mass is 10.1. The van der Waals surface area contributed by atoms with Crippen LogP contribution in [0.2, 0.25) is 0 Å². The van der Waals surface area contributed by atoms with Gasteiger partial charge in [0.2, 0.25) is 5.58 Å². The quantitative estimate of drug-likeness (QED) is 0.527. The summed E-state index contributed by atoms with van der Waals surface area (Å²) in [4.78, 5) is 19.7. The van der Waals surface area contributed by atoms with Crippen LogP contribution >= 0.6 is 28.3 Å². The fourth-order valence-electron chi connectivity index (χ4n) is 2.61. The molecular weight excluding hydrogens is 394 g/mol. The van der Waals surface area contributed by atoms with Gasteiger partial charge < -0.3 is 15.1 Å². The maximum absolute atomic E-state index is 12.4. The van der Waals surface area contributed by atoms with Gasteiger partial charge in [-0.05, 0) is 29.8 Å². The molecule has 0 spiro atoms. The standard InChI is InChI=1S/C17H12BrN3O2.ClH/c18-11-4-5-13-12(7-11)14-15(23-13)17(22)21-16(20-14)10-3-1-2-9(6-10)8-19;/h1-7H,8,19H2,(H,20,21,22);1H. The molecule has 0 aliphatic rings. The highest BCUT2D eigenvalue weighted by molar-refractivity contribution is 9.10. The van der Waals surface area contributed by atoms with E-state index in [4.69, 9.17) is 10.2 Å². The van der Waals surface area contributed by atoms with Gasteiger partial charge in [-0.25, -0.2) is 4.98 Å². The lowest BCUT2D eigenvalue weighted by molar-refractivity contribution is 0.661. The molecule has 0 amide bonds. The first kappa shape index (κ1) is 16.7. The number of furan rings is 1. The minimum Gasteiger partial charge on any atom is -0.449 e. The molecule has 0 saturated carbocycles. The van der Waals surface area contributed by atoms with Gasteiger partial charge in [-0.2, -0.15) is 0 Å². The number of nitrogens with two attached hydrogens (primary N) is 1. The normalized spacial score (nSPS) is 10.9. The number of H-pyrrole nitrogens is 1. The first-order valence-corrected chi connectivity index (χ1v) is 7.86. The van der Waals surface area contributed by atoms with Crippen molar-refractivity contribution >= 4 is 50.4 Å². The number of hydrogen-bond acceptors (Lipinski definition) is 4. The third-order valence-corrected chi connectivity index (χ3v) is 4.21. The Labute approximate surface area is 151 Å². The minimum absolute atomic E-state index is 0. The van der Waals surface area contributed by atoms with Gasteiger partial charge in [-0.1, -0.05) is 34.1 Å². The lowest BCUT2D eigenvalue weighted by Crippen LogP contribution is -2.08. The van der Waals surface area contributed by atoms with Gasteiger partial charge in [-0.3, -0.25) is 4.79 Å². The number of halogens is 2. The van der Waals surface area contributed by atoms with Crippen molar-refractivity contribution in [3.8, 4) is 11.4 Å². The molecule has 0 unspecified atom stereocenters. The molecule has 2 aromatic carbocycles. The maximum Gasteiger partial charge on any atom is 0.294 e. The Hall–Kier alpha value is -2.15. The summed E-state index contributed by atoms with van der Waals surface area (Å²) in [5.74, 6) is 0.500. The van der Waals surface area contributed by atoms with E-state index in [1.165, 1.54) is 0 Å². The van der Waals surface area contributed by atoms with Crippen LogP contribution in [0.3, 0.4) is 0 Å². The van der Waals surface area contributed by atoms with Gasteiger partial charge in [0, 0.05) is 22.0 Å². The lowest BCUT2D eigenvalue weighted by Gasteiger charge is -2.03. The molecule has 0 atom stereocenters. The number of nitrogens with zero attached hydrogens (tertiary/aromatic N) is 1. The molecule has 2 heterocycles. The van der Waals surface area contributed by atoms with Crippen molar-refractivity contribution in [3.05, 3.63) is 62.9 Å². The van der Waals surface area contributed by atoms with Crippen LogP contribution in [0, 0.1) is 0 Å². The number of nitrogens with one attached hydrogen (secondary N) is 1. The van der Waals surface area contributed by atoms with Gasteiger partial charge in [-0.15, -0.1) is 12.4 Å². The van der Waals surface area contributed by atoms with Gasteiger partial charge in [0.15, 0.2) is 0 Å². The van der Waals surface area contributed by atoms with Crippen molar-refractivity contribution in [3.63, 3.8) is 0 Å². The van der Waals surface area contributed by atoms with Crippen LogP contribution in [0.4, 0.5) is 0 Å². The maximum atomic E-state index is 12.4. The fraction of sp³-hybridized carbons (Fsp3) is 0.0588. The molecule has 0 saturated heterocycles. The Kier molecular flexibility index (Phi) is 4.45. The third-order valence-electron chi connectivity index (χ3n) is 3.72. The van der Waals surface area contributed by atoms with Crippen molar-refractivity contribution < 1.29 is 4.42 Å². The van der Waals surface area contributed by atoms with Crippen molar-refractivity contribution in [2.24, 2.45) is 5.73 Å². The minimum atomic E-state index is -0.296. The first-order valence-electron chi connectivity index (χ1n) is 7.07. The van der Waals surface area contributed by atoms with Crippen LogP contribution in [0.1, 0.15) is 5.56 Å². The molecule has 2 aromatic heterocycles. The predicted octanol–water partition coefficient (Wildman–Crippen LogP) is 3.98. The second-order valence-electron chi connectivity index (χ2n) is 5.24. The van der Waals surface area contributed by atoms with Crippen molar-refractivity contribution in [1.82, 2.24) is 9.97 Å². The van der Waals surface area contributed by atoms with E-state index in [0.717, 1.165) is 21.0 Å². The summed E-state index contributed by atoms with van der Waals surface area (Å²) < 4.78 is 6.53. The van der Waals surface area contributed by atoms with E-state index in [1.807, 2.05) is 42.5 Å². The molecule has 122 valence electrons. The average molecular weight is 407 g/mol. The second kappa shape index (κ2) is 6.39. The zero-order chi connectivity index (χ0) is 16.0. The van der Waals surface area contributed by atoms with Crippen LogP contribution < -0.4 is 11.3 Å². The second-order valence-corrected chi connectivity index (χ2v) is 6.15. The largest absolute Gasteiger partial charge is 0.449 e. The van der Waals surface area contributed by atoms with Crippen molar-refractivity contribution in [1.29, 1.82) is 0 Å². The van der Waals surface area contributed by atoms with E-state index in [2.05, 4.69) is 25.9 Å². The van der Waals surface area contributed by atoms with E-state index in [1.54, 1.807) is 0 Å². The fourth-order valence-corrected chi connectivity index (χ4v) is 2.97. The topological polar surface area (TPSA) is 84.9 Å². The molecule has 4 rings (SSSR count). The monoisotopic (exact) mass is 405 g/mol. The summed E-state index contributed by atoms with van der Waals surface area (Å²) in [6, 6.07) is 13.2. The van der Waals surface area contributed by atoms with E-state index >= 15 is 0 Å². The van der Waals surface area contributed by atoms with Crippen LogP contribution in [0.25, 0.3) is 33.5 Å².